The van der Waals surface area contributed by atoms with Crippen LogP contribution in [0.3, 0.4) is 0 Å². The Morgan fingerprint density at radius 3 is 2.50 bits per heavy atom. The van der Waals surface area contributed by atoms with E-state index >= 15 is 0 Å². The Labute approximate surface area is 149 Å². The van der Waals surface area contributed by atoms with Crippen LogP contribution in [0.4, 0.5) is 13.6 Å². The monoisotopic (exact) mass is 366 g/mol. The zero-order valence-electron chi connectivity index (χ0n) is 14.6. The second-order valence-corrected chi connectivity index (χ2v) is 6.25. The highest BCUT2D eigenvalue weighted by molar-refractivity contribution is 5.95. The molecule has 1 N–H and O–H groups in total. The number of hydrogen-bond donors (Lipinski definition) is 1. The molecular weight excluding hydrogens is 346 g/mol. The van der Waals surface area contributed by atoms with Gasteiger partial charge in [0.05, 0.1) is 23.8 Å². The SMILES string of the molecule is COCCOC(=O)C1=C(C)N(C2CC2)C(=O)NC1c1c(F)cccc1F. The maximum Gasteiger partial charge on any atom is 0.338 e. The van der Waals surface area contributed by atoms with Crippen LogP contribution in [-0.2, 0) is 14.3 Å². The summed E-state index contributed by atoms with van der Waals surface area (Å²) in [4.78, 5) is 26.6. The van der Waals surface area contributed by atoms with Crippen molar-refractivity contribution in [3.05, 3.63) is 46.7 Å². The van der Waals surface area contributed by atoms with E-state index in [2.05, 4.69) is 5.32 Å². The van der Waals surface area contributed by atoms with Gasteiger partial charge < -0.3 is 14.8 Å². The number of rotatable bonds is 6. The molecule has 140 valence electrons. The van der Waals surface area contributed by atoms with Gasteiger partial charge in [0.1, 0.15) is 18.2 Å². The highest BCUT2D eigenvalue weighted by Gasteiger charge is 2.43. The summed E-state index contributed by atoms with van der Waals surface area (Å²) in [6.07, 6.45) is 1.63. The summed E-state index contributed by atoms with van der Waals surface area (Å²) in [5.74, 6) is -2.42. The molecule has 1 unspecified atom stereocenters. The number of carbonyl (C=O) groups is 2. The fraction of sp³-hybridized carbons (Fsp3) is 0.444. The van der Waals surface area contributed by atoms with Crippen molar-refractivity contribution >= 4 is 12.0 Å². The Bertz CT molecular complexity index is 741. The van der Waals surface area contributed by atoms with E-state index in [4.69, 9.17) is 9.47 Å². The number of hydrogen-bond acceptors (Lipinski definition) is 4. The van der Waals surface area contributed by atoms with Crippen LogP contribution in [0.2, 0.25) is 0 Å². The van der Waals surface area contributed by atoms with Gasteiger partial charge in [0, 0.05) is 18.8 Å². The molecular formula is C18H20F2N2O4. The van der Waals surface area contributed by atoms with Gasteiger partial charge in [-0.2, -0.15) is 0 Å². The maximum absolute atomic E-state index is 14.3. The Balaban J connectivity index is 2.03. The van der Waals surface area contributed by atoms with E-state index in [1.54, 1.807) is 6.92 Å². The average Bonchev–Trinajstić information content (AvgIpc) is 3.39. The van der Waals surface area contributed by atoms with Crippen molar-refractivity contribution < 1.29 is 27.8 Å². The fourth-order valence-electron chi connectivity index (χ4n) is 3.09. The molecule has 26 heavy (non-hydrogen) atoms. The van der Waals surface area contributed by atoms with Crippen LogP contribution in [0.25, 0.3) is 0 Å². The number of allylic oxidation sites excluding steroid dienone is 1. The number of carbonyl (C=O) groups excluding carboxylic acids is 2. The van der Waals surface area contributed by atoms with Gasteiger partial charge in [0.2, 0.25) is 0 Å². The van der Waals surface area contributed by atoms with Gasteiger partial charge in [-0.15, -0.1) is 0 Å². The lowest BCUT2D eigenvalue weighted by Gasteiger charge is -2.35. The molecule has 1 aliphatic heterocycles. The van der Waals surface area contributed by atoms with Crippen molar-refractivity contribution in [2.24, 2.45) is 0 Å². The number of amides is 2. The average molecular weight is 366 g/mol. The highest BCUT2D eigenvalue weighted by Crippen LogP contribution is 2.39. The first-order chi connectivity index (χ1) is 12.5. The second-order valence-electron chi connectivity index (χ2n) is 6.25. The van der Waals surface area contributed by atoms with E-state index in [1.165, 1.54) is 18.1 Å². The minimum atomic E-state index is -1.26. The summed E-state index contributed by atoms with van der Waals surface area (Å²) in [7, 11) is 1.46. The molecule has 0 radical (unpaired) electrons. The number of methoxy groups -OCH3 is 1. The Hall–Kier alpha value is -2.48. The molecule has 0 saturated heterocycles. The smallest absolute Gasteiger partial charge is 0.338 e. The van der Waals surface area contributed by atoms with E-state index < -0.39 is 29.7 Å². The number of ether oxygens (including phenoxy) is 2. The predicted octanol–water partition coefficient (Wildman–Crippen LogP) is 2.66. The van der Waals surface area contributed by atoms with E-state index in [0.717, 1.165) is 25.0 Å². The molecule has 8 heteroatoms. The Morgan fingerprint density at radius 1 is 1.27 bits per heavy atom. The van der Waals surface area contributed by atoms with Crippen molar-refractivity contribution in [1.82, 2.24) is 10.2 Å². The summed E-state index contributed by atoms with van der Waals surface area (Å²) in [6, 6.07) is 1.65. The molecule has 2 aliphatic rings. The number of nitrogens with zero attached hydrogens (tertiary/aromatic N) is 1. The molecule has 1 aromatic carbocycles. The molecule has 1 aromatic rings. The van der Waals surface area contributed by atoms with Crippen LogP contribution < -0.4 is 5.32 Å². The summed E-state index contributed by atoms with van der Waals surface area (Å²) in [5.41, 5.74) is -0.00254. The summed E-state index contributed by atoms with van der Waals surface area (Å²) >= 11 is 0. The van der Waals surface area contributed by atoms with Crippen molar-refractivity contribution in [3.63, 3.8) is 0 Å². The number of benzene rings is 1. The molecule has 0 aromatic heterocycles. The van der Waals surface area contributed by atoms with E-state index in [9.17, 15) is 18.4 Å². The lowest BCUT2D eigenvalue weighted by Crippen LogP contribution is -2.49. The molecule has 1 aliphatic carbocycles. The largest absolute Gasteiger partial charge is 0.460 e. The zero-order valence-corrected chi connectivity index (χ0v) is 14.6. The van der Waals surface area contributed by atoms with Crippen LogP contribution in [0.1, 0.15) is 31.4 Å². The third-order valence-corrected chi connectivity index (χ3v) is 4.47. The van der Waals surface area contributed by atoms with Gasteiger partial charge in [-0.1, -0.05) is 6.07 Å². The van der Waals surface area contributed by atoms with Gasteiger partial charge in [0.15, 0.2) is 0 Å². The second kappa shape index (κ2) is 7.41. The summed E-state index contributed by atoms with van der Waals surface area (Å²) in [6.45, 7) is 1.78. The molecule has 0 bridgehead atoms. The van der Waals surface area contributed by atoms with E-state index in [0.29, 0.717) is 5.70 Å². The number of esters is 1. The standard InChI is InChI=1S/C18H20F2N2O4/c1-10-14(17(23)26-9-8-25-2)16(15-12(19)4-3-5-13(15)20)21-18(24)22(10)11-6-7-11/h3-5,11,16H,6-9H2,1-2H3,(H,21,24). The Morgan fingerprint density at radius 2 is 1.92 bits per heavy atom. The molecule has 1 fully saturated rings. The fourth-order valence-corrected chi connectivity index (χ4v) is 3.09. The summed E-state index contributed by atoms with van der Waals surface area (Å²) in [5, 5.41) is 2.55. The van der Waals surface area contributed by atoms with Crippen LogP contribution >= 0.6 is 0 Å². The molecule has 3 rings (SSSR count). The molecule has 1 atom stereocenters. The van der Waals surface area contributed by atoms with Gasteiger partial charge in [-0.3, -0.25) is 4.90 Å². The van der Waals surface area contributed by atoms with Crippen LogP contribution in [-0.4, -0.2) is 43.3 Å². The Kier molecular flexibility index (Phi) is 5.22. The van der Waals surface area contributed by atoms with Crippen LogP contribution in [0.5, 0.6) is 0 Å². The lowest BCUT2D eigenvalue weighted by molar-refractivity contribution is -0.140. The minimum Gasteiger partial charge on any atom is -0.460 e. The normalized spacial score (nSPS) is 20.2. The van der Waals surface area contributed by atoms with Crippen molar-refractivity contribution in [2.75, 3.05) is 20.3 Å². The van der Waals surface area contributed by atoms with E-state index in [-0.39, 0.29) is 30.4 Å². The highest BCUT2D eigenvalue weighted by atomic mass is 19.1. The van der Waals surface area contributed by atoms with Gasteiger partial charge >= 0.3 is 12.0 Å². The first-order valence-corrected chi connectivity index (χ1v) is 8.36. The third kappa shape index (κ3) is 3.41. The molecule has 0 spiro atoms. The maximum atomic E-state index is 14.3. The first kappa shape index (κ1) is 18.3. The topological polar surface area (TPSA) is 67.9 Å². The van der Waals surface area contributed by atoms with Crippen LogP contribution in [0, 0.1) is 11.6 Å². The quantitative estimate of drug-likeness (QED) is 0.621. The predicted molar refractivity (Wildman–Crippen MR) is 88.0 cm³/mol. The molecule has 2 amide bonds. The molecule has 1 heterocycles. The zero-order chi connectivity index (χ0) is 18.8. The van der Waals surface area contributed by atoms with Crippen molar-refractivity contribution in [3.8, 4) is 0 Å². The lowest BCUT2D eigenvalue weighted by atomic mass is 9.94. The molecule has 1 saturated carbocycles. The van der Waals surface area contributed by atoms with Crippen molar-refractivity contribution in [2.45, 2.75) is 31.8 Å². The number of urea groups is 1. The first-order valence-electron chi connectivity index (χ1n) is 8.36. The van der Waals surface area contributed by atoms with Gasteiger partial charge in [-0.05, 0) is 31.9 Å². The third-order valence-electron chi connectivity index (χ3n) is 4.47. The van der Waals surface area contributed by atoms with Crippen LogP contribution in [0.15, 0.2) is 29.5 Å². The van der Waals surface area contributed by atoms with Gasteiger partial charge in [-0.25, -0.2) is 18.4 Å². The molecule has 6 nitrogen and oxygen atoms in total. The van der Waals surface area contributed by atoms with E-state index in [1.807, 2.05) is 0 Å². The van der Waals surface area contributed by atoms with Gasteiger partial charge in [0.25, 0.3) is 0 Å². The minimum absolute atomic E-state index is 0.00401. The summed E-state index contributed by atoms with van der Waals surface area (Å²) < 4.78 is 38.6. The number of halogens is 2. The van der Waals surface area contributed by atoms with Crippen molar-refractivity contribution in [1.29, 1.82) is 0 Å². The number of nitrogens with one attached hydrogen (secondary N) is 1.